The van der Waals surface area contributed by atoms with E-state index in [0.717, 1.165) is 36.1 Å². The molecule has 0 spiro atoms. The number of nitrogen functional groups attached to an aromatic ring is 1. The van der Waals surface area contributed by atoms with Gasteiger partial charge >= 0.3 is 0 Å². The van der Waals surface area contributed by atoms with Crippen LogP contribution in [0.25, 0.3) is 0 Å². The van der Waals surface area contributed by atoms with Gasteiger partial charge in [-0.3, -0.25) is 0 Å². The van der Waals surface area contributed by atoms with Crippen molar-refractivity contribution in [2.75, 3.05) is 23.7 Å². The Morgan fingerprint density at radius 2 is 2.21 bits per heavy atom. The van der Waals surface area contributed by atoms with Crippen LogP contribution < -0.4 is 10.6 Å². The molecule has 1 aromatic rings. The predicted molar refractivity (Wildman–Crippen MR) is 58.6 cm³/mol. The first kappa shape index (κ1) is 9.73. The van der Waals surface area contributed by atoms with Gasteiger partial charge in [0.15, 0.2) is 5.13 Å². The van der Waals surface area contributed by atoms with E-state index >= 15 is 0 Å². The second-order valence-corrected chi connectivity index (χ2v) is 5.07. The number of aliphatic hydroxyl groups is 1. The summed E-state index contributed by atoms with van der Waals surface area (Å²) in [5.74, 6) is 0. The summed E-state index contributed by atoms with van der Waals surface area (Å²) in [6, 6.07) is 0. The Morgan fingerprint density at radius 1 is 1.57 bits per heavy atom. The summed E-state index contributed by atoms with van der Waals surface area (Å²) < 4.78 is 0. The SMILES string of the molecule is CC1(O)CCN(c2ncc(N)s2)CC1. The molecule has 78 valence electrons. The minimum atomic E-state index is -0.501. The highest BCUT2D eigenvalue weighted by atomic mass is 32.1. The monoisotopic (exact) mass is 213 g/mol. The van der Waals surface area contributed by atoms with Crippen LogP contribution in [-0.4, -0.2) is 28.8 Å². The lowest BCUT2D eigenvalue weighted by Gasteiger charge is -2.35. The molecule has 2 rings (SSSR count). The Hall–Kier alpha value is -0.810. The third kappa shape index (κ3) is 1.99. The zero-order valence-corrected chi connectivity index (χ0v) is 9.05. The average molecular weight is 213 g/mol. The fraction of sp³-hybridized carbons (Fsp3) is 0.667. The number of anilines is 2. The van der Waals surface area contributed by atoms with Crippen molar-refractivity contribution in [3.8, 4) is 0 Å². The first-order valence-electron chi connectivity index (χ1n) is 4.75. The van der Waals surface area contributed by atoms with Gasteiger partial charge in [-0.15, -0.1) is 0 Å². The quantitative estimate of drug-likeness (QED) is 0.732. The van der Waals surface area contributed by atoms with E-state index in [0.29, 0.717) is 0 Å². The Kier molecular flexibility index (Phi) is 2.36. The van der Waals surface area contributed by atoms with Gasteiger partial charge in [0.05, 0.1) is 11.8 Å². The number of piperidine rings is 1. The summed E-state index contributed by atoms with van der Waals surface area (Å²) >= 11 is 1.51. The van der Waals surface area contributed by atoms with E-state index in [1.807, 2.05) is 6.92 Å². The summed E-state index contributed by atoms with van der Waals surface area (Å²) in [4.78, 5) is 6.40. The molecule has 0 radical (unpaired) electrons. The van der Waals surface area contributed by atoms with Crippen molar-refractivity contribution in [3.63, 3.8) is 0 Å². The van der Waals surface area contributed by atoms with Crippen molar-refractivity contribution in [1.82, 2.24) is 4.98 Å². The molecule has 1 aliphatic rings. The van der Waals surface area contributed by atoms with Crippen molar-refractivity contribution in [3.05, 3.63) is 6.20 Å². The summed E-state index contributed by atoms with van der Waals surface area (Å²) in [6.07, 6.45) is 3.28. The van der Waals surface area contributed by atoms with Crippen LogP contribution in [0, 0.1) is 0 Å². The normalized spacial score (nSPS) is 21.1. The van der Waals surface area contributed by atoms with Gasteiger partial charge in [0.25, 0.3) is 0 Å². The third-order valence-corrected chi connectivity index (χ3v) is 3.51. The molecule has 14 heavy (non-hydrogen) atoms. The van der Waals surface area contributed by atoms with Gasteiger partial charge in [0.2, 0.25) is 0 Å². The van der Waals surface area contributed by atoms with Crippen LogP contribution in [0.15, 0.2) is 6.20 Å². The van der Waals surface area contributed by atoms with Gasteiger partial charge in [-0.25, -0.2) is 4.98 Å². The van der Waals surface area contributed by atoms with Crippen LogP contribution in [0.5, 0.6) is 0 Å². The van der Waals surface area contributed by atoms with Crippen molar-refractivity contribution >= 4 is 21.5 Å². The molecular weight excluding hydrogens is 198 g/mol. The molecule has 0 saturated carbocycles. The van der Waals surface area contributed by atoms with Crippen LogP contribution in [0.1, 0.15) is 19.8 Å². The molecule has 2 heterocycles. The number of nitrogens with two attached hydrogens (primary N) is 1. The molecular formula is C9H15N3OS. The van der Waals surface area contributed by atoms with E-state index in [2.05, 4.69) is 9.88 Å². The zero-order chi connectivity index (χ0) is 10.2. The minimum Gasteiger partial charge on any atom is -0.390 e. The number of hydrogen-bond acceptors (Lipinski definition) is 5. The molecule has 0 amide bonds. The molecule has 0 bridgehead atoms. The Labute approximate surface area is 87.4 Å². The van der Waals surface area contributed by atoms with Gasteiger partial charge in [-0.2, -0.15) is 0 Å². The highest BCUT2D eigenvalue weighted by molar-refractivity contribution is 7.19. The molecule has 3 N–H and O–H groups in total. The molecule has 1 aliphatic heterocycles. The maximum Gasteiger partial charge on any atom is 0.187 e. The summed E-state index contributed by atoms with van der Waals surface area (Å²) in [7, 11) is 0. The van der Waals surface area contributed by atoms with Crippen molar-refractivity contribution in [1.29, 1.82) is 0 Å². The lowest BCUT2D eigenvalue weighted by molar-refractivity contribution is 0.0351. The number of thiazole rings is 1. The van der Waals surface area contributed by atoms with Crippen LogP contribution >= 0.6 is 11.3 Å². The molecule has 0 aromatic carbocycles. The van der Waals surface area contributed by atoms with E-state index < -0.39 is 5.60 Å². The van der Waals surface area contributed by atoms with Crippen molar-refractivity contribution in [2.24, 2.45) is 0 Å². The Bertz CT molecular complexity index is 314. The zero-order valence-electron chi connectivity index (χ0n) is 8.23. The molecule has 1 aromatic heterocycles. The first-order valence-corrected chi connectivity index (χ1v) is 5.57. The second-order valence-electron chi connectivity index (χ2n) is 4.03. The van der Waals surface area contributed by atoms with Crippen molar-refractivity contribution in [2.45, 2.75) is 25.4 Å². The third-order valence-electron chi connectivity index (χ3n) is 2.62. The highest BCUT2D eigenvalue weighted by Crippen LogP contribution is 2.29. The lowest BCUT2D eigenvalue weighted by Crippen LogP contribution is -2.42. The Balaban J connectivity index is 2.02. The van der Waals surface area contributed by atoms with E-state index in [1.54, 1.807) is 6.20 Å². The van der Waals surface area contributed by atoms with Gasteiger partial charge in [-0.1, -0.05) is 11.3 Å². The Morgan fingerprint density at radius 3 is 2.71 bits per heavy atom. The fourth-order valence-electron chi connectivity index (χ4n) is 1.60. The maximum absolute atomic E-state index is 9.78. The second kappa shape index (κ2) is 3.40. The standard InChI is InChI=1S/C9H15N3OS/c1-9(13)2-4-12(5-3-9)8-11-6-7(10)14-8/h6,13H,2-5,10H2,1H3. The lowest BCUT2D eigenvalue weighted by atomic mass is 9.94. The van der Waals surface area contributed by atoms with Gasteiger partial charge in [0, 0.05) is 13.1 Å². The smallest absolute Gasteiger partial charge is 0.187 e. The van der Waals surface area contributed by atoms with E-state index in [-0.39, 0.29) is 0 Å². The van der Waals surface area contributed by atoms with Crippen molar-refractivity contribution < 1.29 is 5.11 Å². The minimum absolute atomic E-state index is 0.501. The molecule has 0 unspecified atom stereocenters. The fourth-order valence-corrected chi connectivity index (χ4v) is 2.34. The number of rotatable bonds is 1. The molecule has 4 nitrogen and oxygen atoms in total. The topological polar surface area (TPSA) is 62.4 Å². The van der Waals surface area contributed by atoms with E-state index in [9.17, 15) is 5.11 Å². The first-order chi connectivity index (χ1) is 6.57. The number of aromatic nitrogens is 1. The molecule has 1 saturated heterocycles. The van der Waals surface area contributed by atoms with E-state index in [4.69, 9.17) is 5.73 Å². The molecule has 0 atom stereocenters. The summed E-state index contributed by atoms with van der Waals surface area (Å²) in [5, 5.41) is 11.5. The molecule has 5 heteroatoms. The molecule has 0 aliphatic carbocycles. The van der Waals surface area contributed by atoms with Crippen LogP contribution in [0.3, 0.4) is 0 Å². The molecule has 1 fully saturated rings. The number of hydrogen-bond donors (Lipinski definition) is 2. The summed E-state index contributed by atoms with van der Waals surface area (Å²) in [6.45, 7) is 3.61. The van der Waals surface area contributed by atoms with Crippen LogP contribution in [0.2, 0.25) is 0 Å². The number of nitrogens with zero attached hydrogens (tertiary/aromatic N) is 2. The van der Waals surface area contributed by atoms with Gasteiger partial charge in [-0.05, 0) is 19.8 Å². The van der Waals surface area contributed by atoms with Gasteiger partial charge < -0.3 is 15.7 Å². The van der Waals surface area contributed by atoms with Crippen LogP contribution in [0.4, 0.5) is 10.1 Å². The predicted octanol–water partition coefficient (Wildman–Crippen LogP) is 1.08. The van der Waals surface area contributed by atoms with Gasteiger partial charge in [0.1, 0.15) is 5.00 Å². The van der Waals surface area contributed by atoms with E-state index in [1.165, 1.54) is 11.3 Å². The largest absolute Gasteiger partial charge is 0.390 e. The summed E-state index contributed by atoms with van der Waals surface area (Å²) in [5.41, 5.74) is 5.12. The highest BCUT2D eigenvalue weighted by Gasteiger charge is 2.28. The van der Waals surface area contributed by atoms with Crippen LogP contribution in [-0.2, 0) is 0 Å². The maximum atomic E-state index is 9.78. The average Bonchev–Trinajstić information content (AvgIpc) is 2.52.